The predicted molar refractivity (Wildman–Crippen MR) is 74.1 cm³/mol. The van der Waals surface area contributed by atoms with Crippen LogP contribution in [0.5, 0.6) is 0 Å². The molecule has 0 aromatic heterocycles. The Labute approximate surface area is 112 Å². The zero-order valence-electron chi connectivity index (χ0n) is 9.72. The van der Waals surface area contributed by atoms with E-state index < -0.39 is 0 Å². The summed E-state index contributed by atoms with van der Waals surface area (Å²) < 4.78 is 0. The molecule has 0 saturated carbocycles. The number of Topliss-reactive ketones (excluding diaryl/α,β-unsaturated/α-hetero) is 1. The molecule has 1 aromatic carbocycles. The molecule has 0 heterocycles. The lowest BCUT2D eigenvalue weighted by Gasteiger charge is -2.05. The van der Waals surface area contributed by atoms with Crippen molar-refractivity contribution in [1.82, 2.24) is 0 Å². The van der Waals surface area contributed by atoms with Gasteiger partial charge in [-0.25, -0.2) is 0 Å². The van der Waals surface area contributed by atoms with Crippen molar-refractivity contribution in [3.63, 3.8) is 0 Å². The van der Waals surface area contributed by atoms with E-state index in [1.165, 1.54) is 0 Å². The molecule has 92 valence electrons. The predicted octanol–water partition coefficient (Wildman–Crippen LogP) is 5.31. The van der Waals surface area contributed by atoms with Crippen LogP contribution in [0.3, 0.4) is 0 Å². The number of allylic oxidation sites excluding steroid dienone is 1. The molecule has 0 atom stereocenters. The normalized spacial score (nSPS) is 10.2. The third kappa shape index (κ3) is 4.53. The molecule has 0 aliphatic carbocycles. The second-order valence-electron chi connectivity index (χ2n) is 3.91. The van der Waals surface area contributed by atoms with Crippen LogP contribution in [0.25, 0.3) is 0 Å². The minimum Gasteiger partial charge on any atom is -0.294 e. The van der Waals surface area contributed by atoms with Crippen molar-refractivity contribution in [1.29, 1.82) is 0 Å². The first-order chi connectivity index (χ1) is 8.16. The number of ketones is 1. The van der Waals surface area contributed by atoms with E-state index in [4.69, 9.17) is 23.2 Å². The molecule has 1 aromatic rings. The Kier molecular flexibility index (Phi) is 6.31. The Balaban J connectivity index is 2.50. The molecule has 0 radical (unpaired) electrons. The average molecular weight is 271 g/mol. The van der Waals surface area contributed by atoms with Crippen LogP contribution in [0.4, 0.5) is 0 Å². The van der Waals surface area contributed by atoms with Gasteiger partial charge < -0.3 is 0 Å². The van der Waals surface area contributed by atoms with Gasteiger partial charge in [0.1, 0.15) is 0 Å². The van der Waals surface area contributed by atoms with E-state index >= 15 is 0 Å². The fourth-order valence-electron chi connectivity index (χ4n) is 1.64. The van der Waals surface area contributed by atoms with Crippen LogP contribution >= 0.6 is 23.2 Å². The molecule has 0 N–H and O–H groups in total. The highest BCUT2D eigenvalue weighted by Crippen LogP contribution is 2.26. The molecule has 0 fully saturated rings. The van der Waals surface area contributed by atoms with Crippen LogP contribution in [0.2, 0.25) is 10.0 Å². The van der Waals surface area contributed by atoms with E-state index in [2.05, 4.69) is 6.58 Å². The Bertz CT molecular complexity index is 379. The zero-order chi connectivity index (χ0) is 12.7. The number of unbranched alkanes of at least 4 members (excludes halogenated alkanes) is 3. The molecule has 0 saturated heterocycles. The van der Waals surface area contributed by atoms with Crippen molar-refractivity contribution in [2.75, 3.05) is 0 Å². The summed E-state index contributed by atoms with van der Waals surface area (Å²) in [6.45, 7) is 3.66. The maximum atomic E-state index is 11.9. The highest BCUT2D eigenvalue weighted by molar-refractivity contribution is 6.39. The van der Waals surface area contributed by atoms with E-state index in [0.29, 0.717) is 22.0 Å². The van der Waals surface area contributed by atoms with Crippen molar-refractivity contribution in [2.45, 2.75) is 32.1 Å². The average Bonchev–Trinajstić information content (AvgIpc) is 2.28. The monoisotopic (exact) mass is 270 g/mol. The van der Waals surface area contributed by atoms with Crippen molar-refractivity contribution in [2.24, 2.45) is 0 Å². The van der Waals surface area contributed by atoms with E-state index in [9.17, 15) is 4.79 Å². The fourth-order valence-corrected chi connectivity index (χ4v) is 2.25. The van der Waals surface area contributed by atoms with Gasteiger partial charge in [-0.15, -0.1) is 6.58 Å². The maximum absolute atomic E-state index is 11.9. The molecule has 1 rings (SSSR count). The summed E-state index contributed by atoms with van der Waals surface area (Å²) in [5, 5.41) is 0.877. The summed E-state index contributed by atoms with van der Waals surface area (Å²) in [5.41, 5.74) is 0.458. The molecule has 17 heavy (non-hydrogen) atoms. The van der Waals surface area contributed by atoms with E-state index in [1.807, 2.05) is 6.08 Å². The Hall–Kier alpha value is -0.790. The lowest BCUT2D eigenvalue weighted by Crippen LogP contribution is -2.01. The minimum absolute atomic E-state index is 0.0270. The van der Waals surface area contributed by atoms with Gasteiger partial charge >= 0.3 is 0 Å². The summed E-state index contributed by atoms with van der Waals surface area (Å²) in [5.74, 6) is 0.0270. The lowest BCUT2D eigenvalue weighted by atomic mass is 10.0. The SMILES string of the molecule is C=CCCCCCC(=O)c1c(Cl)cccc1Cl. The summed E-state index contributed by atoms with van der Waals surface area (Å²) in [7, 11) is 0. The van der Waals surface area contributed by atoms with Crippen LogP contribution in [-0.4, -0.2) is 5.78 Å². The number of carbonyl (C=O) groups excluding carboxylic acids is 1. The van der Waals surface area contributed by atoms with Gasteiger partial charge in [0.05, 0.1) is 15.6 Å². The van der Waals surface area contributed by atoms with Crippen LogP contribution in [0.15, 0.2) is 30.9 Å². The summed E-state index contributed by atoms with van der Waals surface area (Å²) in [6, 6.07) is 5.13. The molecule has 3 heteroatoms. The first-order valence-corrected chi connectivity index (χ1v) is 6.50. The minimum atomic E-state index is 0.0270. The van der Waals surface area contributed by atoms with Gasteiger partial charge in [-0.05, 0) is 31.4 Å². The number of carbonyl (C=O) groups is 1. The summed E-state index contributed by atoms with van der Waals surface area (Å²) in [4.78, 5) is 11.9. The van der Waals surface area contributed by atoms with Gasteiger partial charge in [0, 0.05) is 6.42 Å². The van der Waals surface area contributed by atoms with Crippen molar-refractivity contribution < 1.29 is 4.79 Å². The number of hydrogen-bond donors (Lipinski definition) is 0. The highest BCUT2D eigenvalue weighted by Gasteiger charge is 2.13. The van der Waals surface area contributed by atoms with E-state index in [-0.39, 0.29) is 5.78 Å². The van der Waals surface area contributed by atoms with Gasteiger partial charge in [-0.3, -0.25) is 4.79 Å². The molecule has 0 aliphatic rings. The summed E-state index contributed by atoms with van der Waals surface area (Å²) >= 11 is 11.9. The number of rotatable bonds is 7. The second kappa shape index (κ2) is 7.52. The quantitative estimate of drug-likeness (QED) is 0.373. The third-order valence-electron chi connectivity index (χ3n) is 2.55. The molecule has 0 aliphatic heterocycles. The Morgan fingerprint density at radius 3 is 2.41 bits per heavy atom. The van der Waals surface area contributed by atoms with Gasteiger partial charge in [-0.1, -0.05) is 41.8 Å². The van der Waals surface area contributed by atoms with Crippen LogP contribution in [0.1, 0.15) is 42.5 Å². The zero-order valence-corrected chi connectivity index (χ0v) is 11.2. The Morgan fingerprint density at radius 1 is 1.18 bits per heavy atom. The van der Waals surface area contributed by atoms with Crippen LogP contribution in [-0.2, 0) is 0 Å². The van der Waals surface area contributed by atoms with E-state index in [0.717, 1.165) is 25.7 Å². The molecule has 0 bridgehead atoms. The molecule has 0 spiro atoms. The standard InChI is InChI=1S/C14H16Cl2O/c1-2-3-4-5-6-10-13(17)14-11(15)8-7-9-12(14)16/h2,7-9H,1,3-6,10H2. The van der Waals surface area contributed by atoms with Crippen LogP contribution in [0, 0.1) is 0 Å². The van der Waals surface area contributed by atoms with Gasteiger partial charge in [-0.2, -0.15) is 0 Å². The lowest BCUT2D eigenvalue weighted by molar-refractivity contribution is 0.0979. The molecular formula is C14H16Cl2O. The maximum Gasteiger partial charge on any atom is 0.165 e. The molecular weight excluding hydrogens is 255 g/mol. The topological polar surface area (TPSA) is 17.1 Å². The first-order valence-electron chi connectivity index (χ1n) is 5.75. The third-order valence-corrected chi connectivity index (χ3v) is 3.18. The fraction of sp³-hybridized carbons (Fsp3) is 0.357. The number of benzene rings is 1. The van der Waals surface area contributed by atoms with Gasteiger partial charge in [0.15, 0.2) is 5.78 Å². The highest BCUT2D eigenvalue weighted by atomic mass is 35.5. The van der Waals surface area contributed by atoms with Crippen molar-refractivity contribution >= 4 is 29.0 Å². The smallest absolute Gasteiger partial charge is 0.165 e. The number of hydrogen-bond acceptors (Lipinski definition) is 1. The van der Waals surface area contributed by atoms with E-state index in [1.54, 1.807) is 18.2 Å². The largest absolute Gasteiger partial charge is 0.294 e. The first kappa shape index (κ1) is 14.3. The van der Waals surface area contributed by atoms with Crippen LogP contribution < -0.4 is 0 Å². The van der Waals surface area contributed by atoms with Crippen molar-refractivity contribution in [3.8, 4) is 0 Å². The van der Waals surface area contributed by atoms with Gasteiger partial charge in [0.2, 0.25) is 0 Å². The Morgan fingerprint density at radius 2 is 1.82 bits per heavy atom. The number of halogens is 2. The van der Waals surface area contributed by atoms with Crippen molar-refractivity contribution in [3.05, 3.63) is 46.5 Å². The molecule has 0 unspecified atom stereocenters. The molecule has 0 amide bonds. The summed E-state index contributed by atoms with van der Waals surface area (Å²) in [6.07, 6.45) is 6.37. The second-order valence-corrected chi connectivity index (χ2v) is 4.72. The van der Waals surface area contributed by atoms with Gasteiger partial charge in [0.25, 0.3) is 0 Å². The molecule has 1 nitrogen and oxygen atoms in total.